The summed E-state index contributed by atoms with van der Waals surface area (Å²) in [5, 5.41) is 17.9. The fourth-order valence-electron chi connectivity index (χ4n) is 1.48. The number of benzene rings is 1. The molecule has 1 aromatic rings. The molecule has 4 nitrogen and oxygen atoms in total. The standard InChI is InChI=1S/C14H20O4/c1-11(7-13(16)8-15)9-18-10-12-3-5-14(17-2)6-4-12/h3-7,13,15-16H,8-10H2,1-2H3/b11-7+/t13-/m0/s1. The third-order valence-corrected chi connectivity index (χ3v) is 2.42. The van der Waals surface area contributed by atoms with Crippen molar-refractivity contribution in [3.63, 3.8) is 0 Å². The lowest BCUT2D eigenvalue weighted by molar-refractivity contribution is 0.123. The lowest BCUT2D eigenvalue weighted by atomic mass is 10.2. The molecule has 4 heteroatoms. The molecule has 0 aliphatic heterocycles. The van der Waals surface area contributed by atoms with E-state index in [-0.39, 0.29) is 6.61 Å². The Kier molecular flexibility index (Phi) is 6.43. The molecule has 0 aliphatic rings. The summed E-state index contributed by atoms with van der Waals surface area (Å²) in [4.78, 5) is 0. The van der Waals surface area contributed by atoms with Gasteiger partial charge in [-0.3, -0.25) is 0 Å². The Labute approximate surface area is 107 Å². The summed E-state index contributed by atoms with van der Waals surface area (Å²) in [6.45, 7) is 2.52. The zero-order valence-corrected chi connectivity index (χ0v) is 10.8. The van der Waals surface area contributed by atoms with E-state index in [9.17, 15) is 5.11 Å². The van der Waals surface area contributed by atoms with Crippen LogP contribution in [0.5, 0.6) is 5.75 Å². The Morgan fingerprint density at radius 2 is 2.00 bits per heavy atom. The molecule has 0 saturated heterocycles. The van der Waals surface area contributed by atoms with Gasteiger partial charge in [0.15, 0.2) is 0 Å². The van der Waals surface area contributed by atoms with Crippen LogP contribution in [0.15, 0.2) is 35.9 Å². The molecular weight excluding hydrogens is 232 g/mol. The normalized spacial score (nSPS) is 13.4. The van der Waals surface area contributed by atoms with Crippen molar-refractivity contribution in [2.45, 2.75) is 19.6 Å². The number of aliphatic hydroxyl groups is 2. The molecule has 0 spiro atoms. The minimum atomic E-state index is -0.811. The molecule has 0 bridgehead atoms. The summed E-state index contributed by atoms with van der Waals surface area (Å²) < 4.78 is 10.6. The van der Waals surface area contributed by atoms with Crippen LogP contribution in [0.3, 0.4) is 0 Å². The van der Waals surface area contributed by atoms with Crippen LogP contribution in [-0.4, -0.2) is 36.6 Å². The molecule has 100 valence electrons. The third kappa shape index (κ3) is 5.31. The fraction of sp³-hybridized carbons (Fsp3) is 0.429. The van der Waals surface area contributed by atoms with Gasteiger partial charge in [-0.05, 0) is 30.2 Å². The lowest BCUT2D eigenvalue weighted by Crippen LogP contribution is -2.09. The molecule has 1 atom stereocenters. The van der Waals surface area contributed by atoms with E-state index < -0.39 is 6.10 Å². The van der Waals surface area contributed by atoms with E-state index in [4.69, 9.17) is 14.6 Å². The second kappa shape index (κ2) is 7.87. The van der Waals surface area contributed by atoms with Crippen LogP contribution in [-0.2, 0) is 11.3 Å². The summed E-state index contributed by atoms with van der Waals surface area (Å²) in [5.74, 6) is 0.820. The summed E-state index contributed by atoms with van der Waals surface area (Å²) >= 11 is 0. The maximum absolute atomic E-state index is 9.21. The van der Waals surface area contributed by atoms with E-state index in [1.165, 1.54) is 0 Å². The number of ether oxygens (including phenoxy) is 2. The van der Waals surface area contributed by atoms with Crippen LogP contribution in [0, 0.1) is 0 Å². The molecule has 0 aromatic heterocycles. The van der Waals surface area contributed by atoms with Gasteiger partial charge in [0.05, 0.1) is 33.0 Å². The average Bonchev–Trinajstić information content (AvgIpc) is 2.39. The highest BCUT2D eigenvalue weighted by Gasteiger charge is 1.99. The first kappa shape index (κ1) is 14.7. The lowest BCUT2D eigenvalue weighted by Gasteiger charge is -2.07. The molecule has 0 heterocycles. The van der Waals surface area contributed by atoms with Crippen molar-refractivity contribution in [2.24, 2.45) is 0 Å². The van der Waals surface area contributed by atoms with Gasteiger partial charge in [0, 0.05) is 0 Å². The summed E-state index contributed by atoms with van der Waals surface area (Å²) in [6, 6.07) is 7.66. The van der Waals surface area contributed by atoms with Crippen molar-refractivity contribution in [3.8, 4) is 5.75 Å². The summed E-state index contributed by atoms with van der Waals surface area (Å²) in [6.07, 6.45) is 0.781. The van der Waals surface area contributed by atoms with Crippen LogP contribution >= 0.6 is 0 Å². The van der Waals surface area contributed by atoms with Crippen LogP contribution in [0.25, 0.3) is 0 Å². The quantitative estimate of drug-likeness (QED) is 0.722. The van der Waals surface area contributed by atoms with Crippen molar-refractivity contribution in [1.82, 2.24) is 0 Å². The van der Waals surface area contributed by atoms with E-state index in [1.54, 1.807) is 13.2 Å². The van der Waals surface area contributed by atoms with E-state index in [1.807, 2.05) is 31.2 Å². The zero-order chi connectivity index (χ0) is 13.4. The number of rotatable bonds is 7. The molecule has 0 aliphatic carbocycles. The first-order valence-electron chi connectivity index (χ1n) is 5.82. The van der Waals surface area contributed by atoms with Gasteiger partial charge in [0.1, 0.15) is 5.75 Å². The van der Waals surface area contributed by atoms with Crippen LogP contribution in [0.4, 0.5) is 0 Å². The maximum Gasteiger partial charge on any atom is 0.118 e. The van der Waals surface area contributed by atoms with Crippen molar-refractivity contribution in [3.05, 3.63) is 41.5 Å². The number of hydrogen-bond acceptors (Lipinski definition) is 4. The average molecular weight is 252 g/mol. The number of hydrogen-bond donors (Lipinski definition) is 2. The van der Waals surface area contributed by atoms with E-state index >= 15 is 0 Å². The summed E-state index contributed by atoms with van der Waals surface area (Å²) in [5.41, 5.74) is 1.95. The molecule has 18 heavy (non-hydrogen) atoms. The molecule has 0 amide bonds. The minimum absolute atomic E-state index is 0.268. The molecule has 2 N–H and O–H groups in total. The molecule has 0 radical (unpaired) electrons. The van der Waals surface area contributed by atoms with Gasteiger partial charge >= 0.3 is 0 Å². The SMILES string of the molecule is COc1ccc(COC/C(C)=C/[C@H](O)CO)cc1. The summed E-state index contributed by atoms with van der Waals surface area (Å²) in [7, 11) is 1.63. The van der Waals surface area contributed by atoms with Gasteiger partial charge < -0.3 is 19.7 Å². The molecule has 1 aromatic carbocycles. The first-order chi connectivity index (χ1) is 8.65. The molecule has 1 rings (SSSR count). The Morgan fingerprint density at radius 1 is 1.33 bits per heavy atom. The monoisotopic (exact) mass is 252 g/mol. The molecular formula is C14H20O4. The highest BCUT2D eigenvalue weighted by molar-refractivity contribution is 5.26. The Morgan fingerprint density at radius 3 is 2.56 bits per heavy atom. The van der Waals surface area contributed by atoms with Crippen LogP contribution in [0.2, 0.25) is 0 Å². The van der Waals surface area contributed by atoms with Gasteiger partial charge in [0.2, 0.25) is 0 Å². The van der Waals surface area contributed by atoms with Gasteiger partial charge in [-0.2, -0.15) is 0 Å². The largest absolute Gasteiger partial charge is 0.497 e. The van der Waals surface area contributed by atoms with Crippen molar-refractivity contribution >= 4 is 0 Å². The van der Waals surface area contributed by atoms with Gasteiger partial charge in [-0.25, -0.2) is 0 Å². The predicted octanol–water partition coefficient (Wildman–Crippen LogP) is 1.51. The number of aliphatic hydroxyl groups excluding tert-OH is 2. The Bertz CT molecular complexity index is 370. The smallest absolute Gasteiger partial charge is 0.118 e. The molecule has 0 fully saturated rings. The van der Waals surface area contributed by atoms with E-state index in [0.717, 1.165) is 16.9 Å². The fourth-order valence-corrected chi connectivity index (χ4v) is 1.48. The number of methoxy groups -OCH3 is 1. The van der Waals surface area contributed by atoms with E-state index in [0.29, 0.717) is 13.2 Å². The topological polar surface area (TPSA) is 58.9 Å². The Hall–Kier alpha value is -1.36. The second-order valence-electron chi connectivity index (χ2n) is 4.10. The third-order valence-electron chi connectivity index (χ3n) is 2.42. The van der Waals surface area contributed by atoms with Crippen molar-refractivity contribution in [2.75, 3.05) is 20.3 Å². The highest BCUT2D eigenvalue weighted by Crippen LogP contribution is 2.12. The van der Waals surface area contributed by atoms with Gasteiger partial charge in [0.25, 0.3) is 0 Å². The molecule has 0 unspecified atom stereocenters. The first-order valence-corrected chi connectivity index (χ1v) is 5.82. The Balaban J connectivity index is 2.34. The maximum atomic E-state index is 9.21. The van der Waals surface area contributed by atoms with Gasteiger partial charge in [-0.15, -0.1) is 0 Å². The van der Waals surface area contributed by atoms with E-state index in [2.05, 4.69) is 0 Å². The minimum Gasteiger partial charge on any atom is -0.497 e. The second-order valence-corrected chi connectivity index (χ2v) is 4.10. The van der Waals surface area contributed by atoms with Crippen LogP contribution < -0.4 is 4.74 Å². The molecule has 0 saturated carbocycles. The predicted molar refractivity (Wildman–Crippen MR) is 69.5 cm³/mol. The zero-order valence-electron chi connectivity index (χ0n) is 10.8. The highest BCUT2D eigenvalue weighted by atomic mass is 16.5. The van der Waals surface area contributed by atoms with Crippen molar-refractivity contribution < 1.29 is 19.7 Å². The van der Waals surface area contributed by atoms with Gasteiger partial charge in [-0.1, -0.05) is 18.2 Å². The van der Waals surface area contributed by atoms with Crippen molar-refractivity contribution in [1.29, 1.82) is 0 Å². The van der Waals surface area contributed by atoms with Crippen LogP contribution in [0.1, 0.15) is 12.5 Å².